The molecule has 0 N–H and O–H groups in total. The van der Waals surface area contributed by atoms with E-state index in [1.165, 1.54) is 24.0 Å². The van der Waals surface area contributed by atoms with Gasteiger partial charge in [0.05, 0.1) is 0 Å². The van der Waals surface area contributed by atoms with E-state index in [2.05, 4.69) is 50.8 Å². The summed E-state index contributed by atoms with van der Waals surface area (Å²) in [7, 11) is 0. The quantitative estimate of drug-likeness (QED) is 0.605. The van der Waals surface area contributed by atoms with Crippen LogP contribution in [0.1, 0.15) is 38.2 Å². The van der Waals surface area contributed by atoms with E-state index in [4.69, 9.17) is 0 Å². The number of hydrogen-bond acceptors (Lipinski definition) is 0. The van der Waals surface area contributed by atoms with Crippen molar-refractivity contribution in [3.63, 3.8) is 0 Å². The van der Waals surface area contributed by atoms with Gasteiger partial charge in [0.25, 0.3) is 0 Å². The second kappa shape index (κ2) is 3.23. The molecule has 0 nitrogen and oxygen atoms in total. The molecule has 3 aliphatic carbocycles. The Bertz CT molecular complexity index is 413. The highest BCUT2D eigenvalue weighted by Crippen LogP contribution is 2.65. The molecule has 1 aromatic carbocycles. The summed E-state index contributed by atoms with van der Waals surface area (Å²) in [5.41, 5.74) is 3.48. The minimum Gasteiger partial charge on any atom is -0.0995 e. The van der Waals surface area contributed by atoms with Crippen LogP contribution in [-0.4, -0.2) is 0 Å². The summed E-state index contributed by atoms with van der Waals surface area (Å²) in [5, 5.41) is 0. The van der Waals surface area contributed by atoms with Gasteiger partial charge in [0.15, 0.2) is 0 Å². The molecule has 3 atom stereocenters. The minimum atomic E-state index is 0.482. The minimum absolute atomic E-state index is 0.482. The fourth-order valence-corrected chi connectivity index (χ4v) is 3.95. The molecule has 0 aromatic heterocycles. The summed E-state index contributed by atoms with van der Waals surface area (Å²) < 4.78 is 0. The maximum absolute atomic E-state index is 4.30. The summed E-state index contributed by atoms with van der Waals surface area (Å²) >= 11 is 0. The second-order valence-electron chi connectivity index (χ2n) is 6.10. The monoisotopic (exact) mass is 212 g/mol. The maximum Gasteiger partial charge on any atom is -0.00909 e. The summed E-state index contributed by atoms with van der Waals surface area (Å²) in [6.07, 6.45) is 2.58. The lowest BCUT2D eigenvalue weighted by molar-refractivity contribution is -0.0435. The van der Waals surface area contributed by atoms with Crippen molar-refractivity contribution in [2.24, 2.45) is 17.3 Å². The molecule has 84 valence electrons. The Kier molecular flexibility index (Phi) is 2.04. The molecular weight excluding hydrogens is 192 g/mol. The highest BCUT2D eigenvalue weighted by atomic mass is 14.6. The van der Waals surface area contributed by atoms with Crippen molar-refractivity contribution < 1.29 is 0 Å². The Morgan fingerprint density at radius 1 is 1.19 bits per heavy atom. The van der Waals surface area contributed by atoms with Crippen LogP contribution in [0.3, 0.4) is 0 Å². The predicted octanol–water partition coefficient (Wildman–Crippen LogP) is 4.39. The molecule has 3 fully saturated rings. The molecule has 1 aromatic rings. The smallest absolute Gasteiger partial charge is 0.00909 e. The van der Waals surface area contributed by atoms with E-state index in [0.29, 0.717) is 11.3 Å². The van der Waals surface area contributed by atoms with Crippen LogP contribution in [0.2, 0.25) is 0 Å². The lowest BCUT2D eigenvalue weighted by Crippen LogP contribution is -2.52. The molecule has 3 aliphatic rings. The zero-order chi connectivity index (χ0) is 11.3. The normalized spacial score (nSPS) is 35.6. The second-order valence-corrected chi connectivity index (χ2v) is 6.10. The standard InChI is InChI=1S/C16H20/c1-11-9-13(12-7-5-4-6-8-12)15-10-14(11)16(15,2)3/h4-8,13-15H,1,9-10H2,2-3H3. The van der Waals surface area contributed by atoms with Crippen molar-refractivity contribution in [2.45, 2.75) is 32.6 Å². The number of allylic oxidation sites excluding steroid dienone is 1. The summed E-state index contributed by atoms with van der Waals surface area (Å²) in [5.74, 6) is 2.37. The average molecular weight is 212 g/mol. The maximum atomic E-state index is 4.30. The molecule has 0 aliphatic heterocycles. The molecule has 0 saturated heterocycles. The van der Waals surface area contributed by atoms with E-state index in [0.717, 1.165) is 11.8 Å². The largest absolute Gasteiger partial charge is 0.0995 e. The zero-order valence-corrected chi connectivity index (χ0v) is 10.2. The Balaban J connectivity index is 1.95. The van der Waals surface area contributed by atoms with Gasteiger partial charge in [0, 0.05) is 0 Å². The van der Waals surface area contributed by atoms with E-state index in [1.807, 2.05) is 0 Å². The molecule has 16 heavy (non-hydrogen) atoms. The number of hydrogen-bond donors (Lipinski definition) is 0. The van der Waals surface area contributed by atoms with Gasteiger partial charge in [-0.2, -0.15) is 0 Å². The lowest BCUT2D eigenvalue weighted by Gasteiger charge is -2.61. The van der Waals surface area contributed by atoms with Gasteiger partial charge in [-0.05, 0) is 41.6 Å². The molecule has 4 rings (SSSR count). The first-order chi connectivity index (χ1) is 7.60. The molecule has 0 spiro atoms. The van der Waals surface area contributed by atoms with Crippen LogP contribution in [0.25, 0.3) is 0 Å². The van der Waals surface area contributed by atoms with E-state index in [-0.39, 0.29) is 0 Å². The van der Waals surface area contributed by atoms with E-state index >= 15 is 0 Å². The van der Waals surface area contributed by atoms with Gasteiger partial charge in [-0.1, -0.05) is 56.3 Å². The number of fused-ring (bicyclic) bond motifs is 2. The van der Waals surface area contributed by atoms with Crippen LogP contribution in [0, 0.1) is 17.3 Å². The summed E-state index contributed by atoms with van der Waals surface area (Å²) in [6, 6.07) is 11.0. The molecule has 0 radical (unpaired) electrons. The molecule has 0 amide bonds. The van der Waals surface area contributed by atoms with Gasteiger partial charge in [-0.15, -0.1) is 0 Å². The Hall–Kier alpha value is -1.04. The van der Waals surface area contributed by atoms with E-state index in [1.54, 1.807) is 0 Å². The van der Waals surface area contributed by atoms with Crippen LogP contribution < -0.4 is 0 Å². The third kappa shape index (κ3) is 1.22. The molecular formula is C16H20. The molecule has 0 heterocycles. The fraction of sp³-hybridized carbons (Fsp3) is 0.500. The van der Waals surface area contributed by atoms with E-state index in [9.17, 15) is 0 Å². The van der Waals surface area contributed by atoms with Gasteiger partial charge >= 0.3 is 0 Å². The SMILES string of the molecule is C=C1CC(c2ccccc2)C2CC1C2(C)C. The van der Waals surface area contributed by atoms with Crippen molar-refractivity contribution in [3.05, 3.63) is 48.0 Å². The van der Waals surface area contributed by atoms with Crippen molar-refractivity contribution in [1.82, 2.24) is 0 Å². The van der Waals surface area contributed by atoms with Crippen molar-refractivity contribution in [1.29, 1.82) is 0 Å². The van der Waals surface area contributed by atoms with Crippen molar-refractivity contribution in [3.8, 4) is 0 Å². The van der Waals surface area contributed by atoms with Gasteiger partial charge < -0.3 is 0 Å². The van der Waals surface area contributed by atoms with Crippen LogP contribution in [0.4, 0.5) is 0 Å². The van der Waals surface area contributed by atoms with Crippen molar-refractivity contribution >= 4 is 0 Å². The Morgan fingerprint density at radius 2 is 1.88 bits per heavy atom. The topological polar surface area (TPSA) is 0 Å². The van der Waals surface area contributed by atoms with Gasteiger partial charge in [-0.3, -0.25) is 0 Å². The third-order valence-corrected chi connectivity index (χ3v) is 5.03. The summed E-state index contributed by atoms with van der Waals surface area (Å²) in [6.45, 7) is 9.15. The Morgan fingerprint density at radius 3 is 2.44 bits per heavy atom. The highest BCUT2D eigenvalue weighted by Gasteiger charge is 2.55. The molecule has 3 saturated carbocycles. The Labute approximate surface area is 98.4 Å². The first-order valence-electron chi connectivity index (χ1n) is 6.33. The van der Waals surface area contributed by atoms with Gasteiger partial charge in [0.2, 0.25) is 0 Å². The van der Waals surface area contributed by atoms with Crippen LogP contribution in [0.5, 0.6) is 0 Å². The highest BCUT2D eigenvalue weighted by molar-refractivity contribution is 5.31. The fourth-order valence-electron chi connectivity index (χ4n) is 3.95. The number of rotatable bonds is 1. The van der Waals surface area contributed by atoms with E-state index < -0.39 is 0 Å². The van der Waals surface area contributed by atoms with Crippen molar-refractivity contribution in [2.75, 3.05) is 0 Å². The summed E-state index contributed by atoms with van der Waals surface area (Å²) in [4.78, 5) is 0. The molecule has 2 bridgehead atoms. The zero-order valence-electron chi connectivity index (χ0n) is 10.2. The first kappa shape index (κ1) is 10.1. The predicted molar refractivity (Wildman–Crippen MR) is 68.3 cm³/mol. The van der Waals surface area contributed by atoms with Crippen LogP contribution in [0.15, 0.2) is 42.5 Å². The third-order valence-electron chi connectivity index (χ3n) is 5.03. The first-order valence-corrected chi connectivity index (χ1v) is 6.33. The van der Waals surface area contributed by atoms with Gasteiger partial charge in [0.1, 0.15) is 0 Å². The van der Waals surface area contributed by atoms with Crippen LogP contribution >= 0.6 is 0 Å². The lowest BCUT2D eigenvalue weighted by atomic mass is 9.43. The average Bonchev–Trinajstić information content (AvgIpc) is 2.29. The molecule has 0 heteroatoms. The number of benzene rings is 1. The molecule has 3 unspecified atom stereocenters. The van der Waals surface area contributed by atoms with Crippen LogP contribution in [-0.2, 0) is 0 Å². The van der Waals surface area contributed by atoms with Gasteiger partial charge in [-0.25, -0.2) is 0 Å².